The first-order valence-corrected chi connectivity index (χ1v) is 3.06. The Bertz CT molecular complexity index is 168. The molecule has 0 aromatic carbocycles. The normalized spacial score (nSPS) is 6.92. The van der Waals surface area contributed by atoms with Gasteiger partial charge in [0.25, 0.3) is 0 Å². The molecule has 0 aliphatic heterocycles. The molecule has 0 aliphatic rings. The molecule has 0 saturated carbocycles. The van der Waals surface area contributed by atoms with Gasteiger partial charge in [0.15, 0.2) is 0 Å². The summed E-state index contributed by atoms with van der Waals surface area (Å²) in [4.78, 5) is 19.2. The molecule has 0 heterocycles. The van der Waals surface area contributed by atoms with Crippen molar-refractivity contribution in [2.45, 2.75) is 21.3 Å². The molecular formula is C9H16O4. The van der Waals surface area contributed by atoms with Crippen molar-refractivity contribution in [3.05, 3.63) is 24.3 Å². The lowest BCUT2D eigenvalue weighted by Crippen LogP contribution is -1.92. The van der Waals surface area contributed by atoms with Gasteiger partial charge >= 0.3 is 11.9 Å². The van der Waals surface area contributed by atoms with E-state index in [0.29, 0.717) is 0 Å². The maximum absolute atomic E-state index is 9.60. The largest absolute Gasteiger partial charge is 0.478 e. The number of hydrogen-bond donors (Lipinski definition) is 2. The Morgan fingerprint density at radius 3 is 1.00 bits per heavy atom. The van der Waals surface area contributed by atoms with Crippen molar-refractivity contribution in [1.29, 1.82) is 0 Å². The van der Waals surface area contributed by atoms with Crippen LogP contribution in [0.2, 0.25) is 0 Å². The third-order valence-corrected chi connectivity index (χ3v) is 0.730. The molecule has 0 bridgehead atoms. The molecule has 0 fully saturated rings. The highest BCUT2D eigenvalue weighted by Gasteiger charge is 1.90. The first kappa shape index (κ1) is 17.5. The van der Waals surface area contributed by atoms with Gasteiger partial charge in [-0.15, -0.1) is 0 Å². The van der Waals surface area contributed by atoms with Crippen molar-refractivity contribution in [2.24, 2.45) is 0 Å². The van der Waals surface area contributed by atoms with Gasteiger partial charge in [0.2, 0.25) is 0 Å². The molecule has 0 amide bonds. The molecule has 0 aliphatic carbocycles. The summed E-state index contributed by atoms with van der Waals surface area (Å²) in [5.41, 5.74) is 0.352. The fraction of sp³-hybridized carbons (Fsp3) is 0.333. The first-order valence-electron chi connectivity index (χ1n) is 3.06. The van der Waals surface area contributed by atoms with Crippen molar-refractivity contribution in [1.82, 2.24) is 0 Å². The van der Waals surface area contributed by atoms with E-state index in [-0.39, 0.29) is 18.6 Å². The molecule has 76 valence electrons. The predicted octanol–water partition coefficient (Wildman–Crippen LogP) is 1.93. The minimum absolute atomic E-state index is 0. The van der Waals surface area contributed by atoms with Crippen molar-refractivity contribution < 1.29 is 19.8 Å². The van der Waals surface area contributed by atoms with Crippen LogP contribution >= 0.6 is 0 Å². The highest BCUT2D eigenvalue weighted by atomic mass is 16.4. The molecule has 13 heavy (non-hydrogen) atoms. The number of hydrogen-bond acceptors (Lipinski definition) is 2. The molecule has 0 aromatic rings. The number of carbonyl (C=O) groups is 2. The second kappa shape index (κ2) is 8.52. The summed E-state index contributed by atoms with van der Waals surface area (Å²) >= 11 is 0. The van der Waals surface area contributed by atoms with Crippen LogP contribution in [0.3, 0.4) is 0 Å². The van der Waals surface area contributed by atoms with E-state index in [4.69, 9.17) is 10.2 Å². The minimum atomic E-state index is -0.935. The second-order valence-corrected chi connectivity index (χ2v) is 2.17. The fourth-order valence-electron chi connectivity index (χ4n) is 0. The Balaban J connectivity index is -0.000000143. The van der Waals surface area contributed by atoms with E-state index in [1.54, 1.807) is 0 Å². The fourth-order valence-corrected chi connectivity index (χ4v) is 0. The van der Waals surface area contributed by atoms with Gasteiger partial charge in [-0.1, -0.05) is 20.6 Å². The lowest BCUT2D eigenvalue weighted by Gasteiger charge is -1.79. The maximum atomic E-state index is 9.60. The highest BCUT2D eigenvalue weighted by molar-refractivity contribution is 5.85. The van der Waals surface area contributed by atoms with E-state index < -0.39 is 11.9 Å². The van der Waals surface area contributed by atoms with Crippen LogP contribution in [0.1, 0.15) is 21.3 Å². The summed E-state index contributed by atoms with van der Waals surface area (Å²) in [7, 11) is 0. The molecule has 0 atom stereocenters. The van der Waals surface area contributed by atoms with Crippen LogP contribution in [0.25, 0.3) is 0 Å². The third kappa shape index (κ3) is 17.9. The van der Waals surface area contributed by atoms with Crippen LogP contribution < -0.4 is 0 Å². The van der Waals surface area contributed by atoms with Crippen LogP contribution in [0, 0.1) is 0 Å². The monoisotopic (exact) mass is 188 g/mol. The van der Waals surface area contributed by atoms with Crippen molar-refractivity contribution in [3.8, 4) is 0 Å². The zero-order valence-electron chi connectivity index (χ0n) is 7.13. The number of rotatable bonds is 2. The van der Waals surface area contributed by atoms with Gasteiger partial charge in [0.05, 0.1) is 0 Å². The number of carboxylic acid groups (broad SMARTS) is 2. The molecular weight excluding hydrogens is 172 g/mol. The zero-order chi connectivity index (χ0) is 10.3. The van der Waals surface area contributed by atoms with E-state index in [2.05, 4.69) is 13.2 Å². The summed E-state index contributed by atoms with van der Waals surface area (Å²) in [5, 5.41) is 15.8. The maximum Gasteiger partial charge on any atom is 0.330 e. The Hall–Kier alpha value is -1.58. The van der Waals surface area contributed by atoms with Gasteiger partial charge in [-0.3, -0.25) is 0 Å². The Morgan fingerprint density at radius 2 is 1.00 bits per heavy atom. The van der Waals surface area contributed by atoms with Gasteiger partial charge < -0.3 is 10.2 Å². The van der Waals surface area contributed by atoms with E-state index in [0.717, 1.165) is 0 Å². The van der Waals surface area contributed by atoms with Crippen LogP contribution in [0.5, 0.6) is 0 Å². The quantitative estimate of drug-likeness (QED) is 0.649. The SMILES string of the molecule is C.C=C(C)C(=O)O.C=C(C)C(=O)O. The first-order chi connectivity index (χ1) is 5.29. The molecule has 0 spiro atoms. The topological polar surface area (TPSA) is 74.6 Å². The molecule has 0 rings (SSSR count). The average Bonchev–Trinajstić information content (AvgIpc) is 1.88. The predicted molar refractivity (Wildman–Crippen MR) is 51.6 cm³/mol. The van der Waals surface area contributed by atoms with E-state index >= 15 is 0 Å². The van der Waals surface area contributed by atoms with Crippen LogP contribution in [0.4, 0.5) is 0 Å². The van der Waals surface area contributed by atoms with E-state index in [9.17, 15) is 9.59 Å². The number of aliphatic carboxylic acids is 2. The summed E-state index contributed by atoms with van der Waals surface area (Å²) in [6, 6.07) is 0. The Kier molecular flexibility index (Phi) is 11.5. The summed E-state index contributed by atoms with van der Waals surface area (Å²) in [6.07, 6.45) is 0. The zero-order valence-corrected chi connectivity index (χ0v) is 7.13. The standard InChI is InChI=1S/2C4H6O2.CH4/c2*1-3(2)4(5)6;/h2*1H2,2H3,(H,5,6);1H4. The molecule has 4 heteroatoms. The smallest absolute Gasteiger partial charge is 0.330 e. The van der Waals surface area contributed by atoms with Crippen molar-refractivity contribution in [3.63, 3.8) is 0 Å². The van der Waals surface area contributed by atoms with Crippen LogP contribution in [-0.4, -0.2) is 22.2 Å². The average molecular weight is 188 g/mol. The molecule has 0 radical (unpaired) electrons. The third-order valence-electron chi connectivity index (χ3n) is 0.730. The van der Waals surface area contributed by atoms with Gasteiger partial charge in [-0.05, 0) is 13.8 Å². The van der Waals surface area contributed by atoms with Gasteiger partial charge in [-0.2, -0.15) is 0 Å². The molecule has 2 N–H and O–H groups in total. The summed E-state index contributed by atoms with van der Waals surface area (Å²) in [6.45, 7) is 9.20. The minimum Gasteiger partial charge on any atom is -0.478 e. The van der Waals surface area contributed by atoms with Gasteiger partial charge in [-0.25, -0.2) is 9.59 Å². The number of carboxylic acids is 2. The summed E-state index contributed by atoms with van der Waals surface area (Å²) < 4.78 is 0. The van der Waals surface area contributed by atoms with Gasteiger partial charge in [0, 0.05) is 11.1 Å². The molecule has 0 unspecified atom stereocenters. The molecule has 4 nitrogen and oxygen atoms in total. The summed E-state index contributed by atoms with van der Waals surface area (Å²) in [5.74, 6) is -1.87. The Morgan fingerprint density at radius 1 is 0.923 bits per heavy atom. The molecule has 0 aromatic heterocycles. The van der Waals surface area contributed by atoms with Gasteiger partial charge in [0.1, 0.15) is 0 Å². The second-order valence-electron chi connectivity index (χ2n) is 2.17. The van der Waals surface area contributed by atoms with Crippen molar-refractivity contribution in [2.75, 3.05) is 0 Å². The van der Waals surface area contributed by atoms with Crippen molar-refractivity contribution >= 4 is 11.9 Å². The lowest BCUT2D eigenvalue weighted by atomic mass is 10.4. The van der Waals surface area contributed by atoms with Crippen LogP contribution in [-0.2, 0) is 9.59 Å². The molecule has 0 saturated heterocycles. The Labute approximate surface area is 78.2 Å². The van der Waals surface area contributed by atoms with E-state index in [1.807, 2.05) is 0 Å². The highest BCUT2D eigenvalue weighted by Crippen LogP contribution is 1.81. The lowest BCUT2D eigenvalue weighted by molar-refractivity contribution is -0.133. The van der Waals surface area contributed by atoms with Crippen LogP contribution in [0.15, 0.2) is 24.3 Å². The van der Waals surface area contributed by atoms with E-state index in [1.165, 1.54) is 13.8 Å².